The Bertz CT molecular complexity index is 394. The molecule has 1 saturated heterocycles. The Morgan fingerprint density at radius 3 is 2.57 bits per heavy atom. The van der Waals surface area contributed by atoms with Crippen molar-refractivity contribution >= 4 is 29.7 Å². The van der Waals surface area contributed by atoms with Crippen molar-refractivity contribution in [3.8, 4) is 0 Å². The van der Waals surface area contributed by atoms with Gasteiger partial charge in [-0.1, -0.05) is 0 Å². The van der Waals surface area contributed by atoms with Crippen LogP contribution in [0.5, 0.6) is 0 Å². The number of hydrogen-bond donors (Lipinski definition) is 0. The molecular weight excluding hydrogens is 268 g/mol. The summed E-state index contributed by atoms with van der Waals surface area (Å²) < 4.78 is 23.3. The number of nitrogens with zero attached hydrogens (tertiary/aromatic N) is 2. The standard InChI is InChI=1S/C8H11BrN2O2S/c9-8-10-5-7(14(8,12)13)6-11-3-1-2-4-11/h5H,1-4,6H2. The molecule has 0 atom stereocenters. The molecule has 0 saturated carbocycles. The van der Waals surface area contributed by atoms with E-state index in [1.165, 1.54) is 6.20 Å². The van der Waals surface area contributed by atoms with Gasteiger partial charge in [0.25, 0.3) is 0 Å². The second-order valence-electron chi connectivity index (χ2n) is 3.46. The highest BCUT2D eigenvalue weighted by Crippen LogP contribution is 2.22. The van der Waals surface area contributed by atoms with Gasteiger partial charge in [-0.3, -0.25) is 4.90 Å². The molecular formula is C8H11BrN2O2S. The van der Waals surface area contributed by atoms with Gasteiger partial charge in [-0.25, -0.2) is 13.4 Å². The number of sulfone groups is 1. The van der Waals surface area contributed by atoms with Gasteiger partial charge in [0, 0.05) is 12.7 Å². The van der Waals surface area contributed by atoms with Crippen molar-refractivity contribution in [2.24, 2.45) is 4.99 Å². The fourth-order valence-corrected chi connectivity index (χ4v) is 3.33. The minimum Gasteiger partial charge on any atom is -0.298 e. The fraction of sp³-hybridized carbons (Fsp3) is 0.625. The lowest BCUT2D eigenvalue weighted by atomic mass is 10.4. The van der Waals surface area contributed by atoms with Crippen LogP contribution in [0, 0.1) is 0 Å². The van der Waals surface area contributed by atoms with Gasteiger partial charge in [0.15, 0.2) is 0 Å². The zero-order valence-electron chi connectivity index (χ0n) is 7.61. The van der Waals surface area contributed by atoms with E-state index in [0.29, 0.717) is 11.4 Å². The molecule has 2 rings (SSSR count). The molecule has 0 amide bonds. The zero-order chi connectivity index (χ0) is 10.2. The Morgan fingerprint density at radius 1 is 1.43 bits per heavy atom. The van der Waals surface area contributed by atoms with Gasteiger partial charge in [-0.2, -0.15) is 0 Å². The van der Waals surface area contributed by atoms with E-state index < -0.39 is 9.84 Å². The molecule has 0 aromatic rings. The first-order chi connectivity index (χ1) is 6.60. The average Bonchev–Trinajstić information content (AvgIpc) is 2.70. The summed E-state index contributed by atoms with van der Waals surface area (Å²) in [5, 5.41) is 0. The lowest BCUT2D eigenvalue weighted by Crippen LogP contribution is -2.25. The minimum absolute atomic E-state index is 0.0409. The van der Waals surface area contributed by atoms with Crippen LogP contribution in [-0.2, 0) is 9.84 Å². The number of rotatable bonds is 2. The highest BCUT2D eigenvalue weighted by atomic mass is 79.9. The van der Waals surface area contributed by atoms with Crippen molar-refractivity contribution in [3.63, 3.8) is 0 Å². The van der Waals surface area contributed by atoms with Gasteiger partial charge in [0.1, 0.15) is 0 Å². The molecule has 0 aromatic carbocycles. The molecule has 0 aromatic heterocycles. The van der Waals surface area contributed by atoms with Crippen LogP contribution in [-0.4, -0.2) is 36.9 Å². The van der Waals surface area contributed by atoms with Crippen molar-refractivity contribution in [3.05, 3.63) is 11.1 Å². The molecule has 0 aliphatic carbocycles. The molecule has 0 radical (unpaired) electrons. The third kappa shape index (κ3) is 1.78. The first kappa shape index (κ1) is 10.3. The topological polar surface area (TPSA) is 49.7 Å². The van der Waals surface area contributed by atoms with Crippen LogP contribution in [0.1, 0.15) is 12.8 Å². The third-order valence-electron chi connectivity index (χ3n) is 2.46. The lowest BCUT2D eigenvalue weighted by Gasteiger charge is -2.14. The van der Waals surface area contributed by atoms with Gasteiger partial charge < -0.3 is 0 Å². The summed E-state index contributed by atoms with van der Waals surface area (Å²) in [7, 11) is -3.27. The first-order valence-corrected chi connectivity index (χ1v) is 6.78. The summed E-state index contributed by atoms with van der Waals surface area (Å²) in [6.45, 7) is 2.48. The van der Waals surface area contributed by atoms with Crippen molar-refractivity contribution in [2.75, 3.05) is 19.6 Å². The largest absolute Gasteiger partial charge is 0.298 e. The van der Waals surface area contributed by atoms with Crippen LogP contribution in [0.3, 0.4) is 0 Å². The first-order valence-electron chi connectivity index (χ1n) is 4.50. The summed E-state index contributed by atoms with van der Waals surface area (Å²) in [6.07, 6.45) is 3.77. The van der Waals surface area contributed by atoms with Crippen LogP contribution in [0.25, 0.3) is 0 Å². The van der Waals surface area contributed by atoms with E-state index in [0.717, 1.165) is 25.9 Å². The molecule has 0 spiro atoms. The number of aliphatic imine (C=N–C) groups is 1. The monoisotopic (exact) mass is 278 g/mol. The van der Waals surface area contributed by atoms with Crippen LogP contribution >= 0.6 is 15.9 Å². The van der Waals surface area contributed by atoms with E-state index in [2.05, 4.69) is 25.8 Å². The molecule has 2 heterocycles. The molecule has 2 aliphatic heterocycles. The van der Waals surface area contributed by atoms with Crippen molar-refractivity contribution < 1.29 is 8.42 Å². The van der Waals surface area contributed by atoms with Crippen LogP contribution < -0.4 is 0 Å². The summed E-state index contributed by atoms with van der Waals surface area (Å²) in [6, 6.07) is 0. The van der Waals surface area contributed by atoms with E-state index in [9.17, 15) is 8.42 Å². The van der Waals surface area contributed by atoms with Crippen LogP contribution in [0.2, 0.25) is 0 Å². The normalized spacial score (nSPS) is 26.4. The molecule has 78 valence electrons. The average molecular weight is 279 g/mol. The van der Waals surface area contributed by atoms with Crippen molar-refractivity contribution in [2.45, 2.75) is 12.8 Å². The molecule has 4 nitrogen and oxygen atoms in total. The predicted molar refractivity (Wildman–Crippen MR) is 59.0 cm³/mol. The highest BCUT2D eigenvalue weighted by Gasteiger charge is 2.29. The Kier molecular flexibility index (Phi) is 2.77. The third-order valence-corrected chi connectivity index (χ3v) is 5.41. The van der Waals surface area contributed by atoms with E-state index in [4.69, 9.17) is 0 Å². The maximum atomic E-state index is 11.6. The fourth-order valence-electron chi connectivity index (χ4n) is 1.66. The Balaban J connectivity index is 2.08. The van der Waals surface area contributed by atoms with Crippen molar-refractivity contribution in [1.29, 1.82) is 0 Å². The van der Waals surface area contributed by atoms with Gasteiger partial charge in [-0.15, -0.1) is 0 Å². The Hall–Kier alpha value is -0.200. The molecule has 14 heavy (non-hydrogen) atoms. The van der Waals surface area contributed by atoms with Crippen molar-refractivity contribution in [1.82, 2.24) is 4.90 Å². The number of hydrogen-bond acceptors (Lipinski definition) is 4. The van der Waals surface area contributed by atoms with Gasteiger partial charge in [0.2, 0.25) is 13.8 Å². The molecule has 0 unspecified atom stereocenters. The van der Waals surface area contributed by atoms with Crippen LogP contribution in [0.4, 0.5) is 0 Å². The van der Waals surface area contributed by atoms with E-state index in [-0.39, 0.29) is 3.95 Å². The summed E-state index contributed by atoms with van der Waals surface area (Å²) in [5.41, 5.74) is 0. The van der Waals surface area contributed by atoms with Gasteiger partial charge in [0.05, 0.1) is 4.91 Å². The SMILES string of the molecule is O=S1(=O)C(CN2CCCC2)=CN=C1Br. The molecule has 0 bridgehead atoms. The van der Waals surface area contributed by atoms with Gasteiger partial charge in [-0.05, 0) is 41.9 Å². The zero-order valence-corrected chi connectivity index (χ0v) is 10.0. The lowest BCUT2D eigenvalue weighted by molar-refractivity contribution is 0.373. The summed E-state index contributed by atoms with van der Waals surface area (Å²) >= 11 is 2.94. The molecule has 1 fully saturated rings. The second kappa shape index (κ2) is 3.75. The number of halogens is 1. The smallest absolute Gasteiger partial charge is 0.229 e. The van der Waals surface area contributed by atoms with E-state index >= 15 is 0 Å². The predicted octanol–water partition coefficient (Wildman–Crippen LogP) is 1.10. The second-order valence-corrected chi connectivity index (χ2v) is 6.66. The van der Waals surface area contributed by atoms with E-state index in [1.54, 1.807) is 0 Å². The molecule has 6 heteroatoms. The summed E-state index contributed by atoms with van der Waals surface area (Å²) in [5.74, 6) is 0. The van der Waals surface area contributed by atoms with Crippen LogP contribution in [0.15, 0.2) is 16.1 Å². The maximum Gasteiger partial charge on any atom is 0.229 e. The summed E-state index contributed by atoms with van der Waals surface area (Å²) in [4.78, 5) is 6.32. The minimum atomic E-state index is -3.27. The highest BCUT2D eigenvalue weighted by molar-refractivity contribution is 9.21. The van der Waals surface area contributed by atoms with Gasteiger partial charge >= 0.3 is 0 Å². The Morgan fingerprint density at radius 2 is 2.07 bits per heavy atom. The molecule has 0 N–H and O–H groups in total. The van der Waals surface area contributed by atoms with E-state index in [1.807, 2.05) is 0 Å². The number of likely N-dealkylation sites (tertiary alicyclic amines) is 1. The quantitative estimate of drug-likeness (QED) is 0.760. The maximum absolute atomic E-state index is 11.6. The Labute approximate surface area is 91.7 Å². The molecule has 2 aliphatic rings.